The van der Waals surface area contributed by atoms with Crippen molar-refractivity contribution in [2.45, 2.75) is 37.8 Å². The highest BCUT2D eigenvalue weighted by atomic mass is 19.1. The Kier molecular flexibility index (Phi) is 4.95. The van der Waals surface area contributed by atoms with Crippen molar-refractivity contribution < 1.29 is 18.7 Å². The molecule has 3 fully saturated rings. The molecule has 2 saturated heterocycles. The molecule has 1 aromatic carbocycles. The van der Waals surface area contributed by atoms with Gasteiger partial charge in [-0.1, -0.05) is 0 Å². The van der Waals surface area contributed by atoms with Crippen molar-refractivity contribution in [2.24, 2.45) is 11.7 Å². The van der Waals surface area contributed by atoms with E-state index in [1.54, 1.807) is 11.5 Å². The number of nitrogens with zero attached hydrogens (tertiary/aromatic N) is 3. The largest absolute Gasteiger partial charge is 0.461 e. The average molecular weight is 440 g/mol. The first-order valence-electron chi connectivity index (χ1n) is 11.0. The number of hydrogen-bond donors (Lipinski definition) is 1. The van der Waals surface area contributed by atoms with Crippen LogP contribution in [0.2, 0.25) is 0 Å². The maximum Gasteiger partial charge on any atom is 0.355 e. The van der Waals surface area contributed by atoms with Crippen molar-refractivity contribution in [3.05, 3.63) is 39.4 Å². The monoisotopic (exact) mass is 440 g/mol. The van der Waals surface area contributed by atoms with Gasteiger partial charge in [0.15, 0.2) is 5.43 Å². The first-order chi connectivity index (χ1) is 15.4. The Morgan fingerprint density at radius 3 is 2.81 bits per heavy atom. The van der Waals surface area contributed by atoms with Gasteiger partial charge in [-0.05, 0) is 32.3 Å². The number of nitriles is 1. The number of ether oxygens (including phenoxy) is 2. The summed E-state index contributed by atoms with van der Waals surface area (Å²) in [5.74, 6) is -1.12. The predicted molar refractivity (Wildman–Crippen MR) is 115 cm³/mol. The number of carbonyl (C=O) groups is 1. The van der Waals surface area contributed by atoms with Gasteiger partial charge in [0.25, 0.3) is 0 Å². The molecule has 2 aliphatic heterocycles. The van der Waals surface area contributed by atoms with Gasteiger partial charge in [0.05, 0.1) is 23.2 Å². The van der Waals surface area contributed by atoms with Crippen LogP contribution in [0.1, 0.15) is 48.3 Å². The SMILES string of the molecule is CCOC(=O)c1cc(=O)c2cc(F)c(N3C[C@@H]4CCO[C@]4(CN)C3)c(C#N)c2n1C1CC1. The van der Waals surface area contributed by atoms with Gasteiger partial charge in [-0.2, -0.15) is 5.26 Å². The molecule has 8 nitrogen and oxygen atoms in total. The van der Waals surface area contributed by atoms with Gasteiger partial charge in [0.2, 0.25) is 0 Å². The predicted octanol–water partition coefficient (Wildman–Crippen LogP) is 2.08. The number of anilines is 1. The van der Waals surface area contributed by atoms with Gasteiger partial charge in [-0.3, -0.25) is 4.79 Å². The molecule has 0 amide bonds. The summed E-state index contributed by atoms with van der Waals surface area (Å²) in [7, 11) is 0. The average Bonchev–Trinajstić information content (AvgIpc) is 3.43. The molecule has 3 heterocycles. The number of nitrogens with two attached hydrogens (primary N) is 1. The molecular weight excluding hydrogens is 415 g/mol. The van der Waals surface area contributed by atoms with Crippen molar-refractivity contribution in [3.63, 3.8) is 0 Å². The molecule has 2 atom stereocenters. The Labute approximate surface area is 184 Å². The molecule has 2 aromatic rings. The van der Waals surface area contributed by atoms with Gasteiger partial charge in [-0.15, -0.1) is 0 Å². The second-order valence-electron chi connectivity index (χ2n) is 8.79. The molecule has 32 heavy (non-hydrogen) atoms. The molecule has 2 N–H and O–H groups in total. The van der Waals surface area contributed by atoms with Crippen molar-refractivity contribution >= 4 is 22.6 Å². The molecule has 3 aliphatic rings. The summed E-state index contributed by atoms with van der Waals surface area (Å²) in [6, 6.07) is 4.47. The third kappa shape index (κ3) is 3.01. The molecule has 168 valence electrons. The number of halogens is 1. The van der Waals surface area contributed by atoms with E-state index < -0.39 is 22.8 Å². The van der Waals surface area contributed by atoms with Crippen LogP contribution in [-0.2, 0) is 9.47 Å². The quantitative estimate of drug-likeness (QED) is 0.709. The van der Waals surface area contributed by atoms with Gasteiger partial charge >= 0.3 is 5.97 Å². The van der Waals surface area contributed by atoms with Gasteiger partial charge < -0.3 is 24.7 Å². The fraction of sp³-hybridized carbons (Fsp3) is 0.522. The van der Waals surface area contributed by atoms with Crippen molar-refractivity contribution in [3.8, 4) is 6.07 Å². The van der Waals surface area contributed by atoms with E-state index >= 15 is 4.39 Å². The molecule has 9 heteroatoms. The van der Waals surface area contributed by atoms with Crippen LogP contribution in [0.25, 0.3) is 10.9 Å². The lowest BCUT2D eigenvalue weighted by Gasteiger charge is -2.28. The summed E-state index contributed by atoms with van der Waals surface area (Å²) in [5, 5.41) is 10.2. The number of fused-ring (bicyclic) bond motifs is 2. The number of esters is 1. The van der Waals surface area contributed by atoms with E-state index in [4.69, 9.17) is 15.2 Å². The Morgan fingerprint density at radius 2 is 2.19 bits per heavy atom. The fourth-order valence-corrected chi connectivity index (χ4v) is 5.28. The number of pyridine rings is 1. The first kappa shape index (κ1) is 20.9. The fourth-order valence-electron chi connectivity index (χ4n) is 5.28. The van der Waals surface area contributed by atoms with E-state index in [2.05, 4.69) is 6.07 Å². The van der Waals surface area contributed by atoms with Crippen LogP contribution in [0.5, 0.6) is 0 Å². The maximum atomic E-state index is 15.4. The van der Waals surface area contributed by atoms with E-state index in [-0.39, 0.29) is 40.9 Å². The van der Waals surface area contributed by atoms with E-state index in [1.165, 1.54) is 12.1 Å². The van der Waals surface area contributed by atoms with Crippen molar-refractivity contribution in [1.29, 1.82) is 5.26 Å². The summed E-state index contributed by atoms with van der Waals surface area (Å²) in [5.41, 5.74) is 5.53. The second kappa shape index (κ2) is 7.57. The van der Waals surface area contributed by atoms with Crippen LogP contribution in [-0.4, -0.2) is 49.0 Å². The Morgan fingerprint density at radius 1 is 1.41 bits per heavy atom. The summed E-state index contributed by atoms with van der Waals surface area (Å²) in [4.78, 5) is 27.3. The zero-order valence-electron chi connectivity index (χ0n) is 17.9. The molecule has 1 aliphatic carbocycles. The number of hydrogen-bond acceptors (Lipinski definition) is 7. The highest BCUT2D eigenvalue weighted by Gasteiger charge is 2.51. The van der Waals surface area contributed by atoms with Crippen LogP contribution < -0.4 is 16.1 Å². The second-order valence-corrected chi connectivity index (χ2v) is 8.79. The van der Waals surface area contributed by atoms with E-state index in [0.29, 0.717) is 31.8 Å². The number of rotatable bonds is 5. The number of carbonyl (C=O) groups excluding carboxylic acids is 1. The maximum absolute atomic E-state index is 15.4. The Hall–Kier alpha value is -2.96. The third-order valence-corrected chi connectivity index (χ3v) is 6.93. The molecule has 0 radical (unpaired) electrons. The highest BCUT2D eigenvalue weighted by molar-refractivity contribution is 5.96. The standard InChI is InChI=1S/C23H25FN4O4/c1-2-31-22(30)18-8-19(29)15-7-17(24)21(16(9-25)20(15)28(18)14-3-4-14)27-10-13-5-6-32-23(13,11-26)12-27/h7-8,13-14H,2-6,10-12,26H2,1H3/t13-,23+/m0/s1. The van der Waals surface area contributed by atoms with Gasteiger partial charge in [0.1, 0.15) is 28.7 Å². The van der Waals surface area contributed by atoms with Crippen molar-refractivity contribution in [2.75, 3.05) is 37.7 Å². The molecular formula is C23H25FN4O4. The third-order valence-electron chi connectivity index (χ3n) is 6.93. The van der Waals surface area contributed by atoms with Gasteiger partial charge in [0, 0.05) is 44.3 Å². The molecule has 1 aromatic heterocycles. The highest BCUT2D eigenvalue weighted by Crippen LogP contribution is 2.44. The van der Waals surface area contributed by atoms with Crippen LogP contribution in [0.3, 0.4) is 0 Å². The van der Waals surface area contributed by atoms with E-state index in [9.17, 15) is 14.9 Å². The lowest BCUT2D eigenvalue weighted by atomic mass is 9.91. The van der Waals surface area contributed by atoms with Gasteiger partial charge in [-0.25, -0.2) is 9.18 Å². The topological polar surface area (TPSA) is 111 Å². The molecule has 5 rings (SSSR count). The molecule has 1 saturated carbocycles. The minimum atomic E-state index is -0.635. The normalized spacial score (nSPS) is 24.6. The lowest BCUT2D eigenvalue weighted by Crippen LogP contribution is -2.44. The van der Waals surface area contributed by atoms with E-state index in [0.717, 1.165) is 19.3 Å². The minimum Gasteiger partial charge on any atom is -0.461 e. The van der Waals surface area contributed by atoms with E-state index in [1.807, 2.05) is 4.90 Å². The summed E-state index contributed by atoms with van der Waals surface area (Å²) in [6.45, 7) is 3.66. The number of aromatic nitrogens is 1. The van der Waals surface area contributed by atoms with Crippen LogP contribution in [0.4, 0.5) is 10.1 Å². The smallest absolute Gasteiger partial charge is 0.355 e. The Bertz CT molecular complexity index is 1220. The van der Waals surface area contributed by atoms with Crippen molar-refractivity contribution in [1.82, 2.24) is 4.57 Å². The van der Waals surface area contributed by atoms with Crippen LogP contribution in [0.15, 0.2) is 16.9 Å². The summed E-state index contributed by atoms with van der Waals surface area (Å²) in [6.07, 6.45) is 2.43. The molecule has 0 spiro atoms. The van der Waals surface area contributed by atoms with Crippen LogP contribution >= 0.6 is 0 Å². The zero-order valence-corrected chi connectivity index (χ0v) is 17.9. The Balaban J connectivity index is 1.75. The zero-order chi connectivity index (χ0) is 22.6. The minimum absolute atomic E-state index is 0.0420. The molecule has 0 bridgehead atoms. The van der Waals surface area contributed by atoms with Crippen LogP contribution in [0, 0.1) is 23.1 Å². The summed E-state index contributed by atoms with van der Waals surface area (Å²) >= 11 is 0. The number of benzene rings is 1. The summed E-state index contributed by atoms with van der Waals surface area (Å²) < 4.78 is 28.2. The first-order valence-corrected chi connectivity index (χ1v) is 11.0. The molecule has 0 unspecified atom stereocenters. The lowest BCUT2D eigenvalue weighted by molar-refractivity contribution is 0.0126.